The Morgan fingerprint density at radius 3 is 2.48 bits per heavy atom. The van der Waals surface area contributed by atoms with Crippen molar-refractivity contribution < 1.29 is 23.0 Å². The lowest BCUT2D eigenvalue weighted by Crippen LogP contribution is -2.39. The summed E-state index contributed by atoms with van der Waals surface area (Å²) in [6.45, 7) is 6.56. The Hall–Kier alpha value is -1.85. The van der Waals surface area contributed by atoms with E-state index in [0.29, 0.717) is 38.6 Å². The molecule has 0 aliphatic rings. The number of ether oxygens (including phenoxy) is 2. The van der Waals surface area contributed by atoms with Crippen LogP contribution >= 0.6 is 24.0 Å². The zero-order chi connectivity index (χ0) is 21.0. The van der Waals surface area contributed by atoms with Gasteiger partial charge in [0.05, 0.1) is 6.54 Å². The van der Waals surface area contributed by atoms with Crippen LogP contribution in [0.1, 0.15) is 39.7 Å². The predicted octanol–water partition coefficient (Wildman–Crippen LogP) is 3.88. The Labute approximate surface area is 188 Å². The minimum absolute atomic E-state index is 0. The van der Waals surface area contributed by atoms with Gasteiger partial charge in [0.15, 0.2) is 5.96 Å². The number of carbonyl (C=O) groups is 1. The van der Waals surface area contributed by atoms with Gasteiger partial charge in [-0.2, -0.15) is 8.78 Å². The average molecular weight is 528 g/mol. The van der Waals surface area contributed by atoms with E-state index in [-0.39, 0.29) is 29.7 Å². The summed E-state index contributed by atoms with van der Waals surface area (Å²) in [5.41, 5.74) is 0.229. The molecule has 0 aliphatic heterocycles. The molecule has 0 aromatic heterocycles. The topological polar surface area (TPSA) is 84.0 Å². The SMILES string of the molecule is CCNC(=NCc1cccc(OC(F)F)c1)NCCCNC(=O)OC(C)(C)C.I. The number of benzene rings is 1. The molecule has 1 aromatic rings. The molecule has 0 atom stereocenters. The van der Waals surface area contributed by atoms with Gasteiger partial charge in [-0.3, -0.25) is 0 Å². The molecule has 0 bridgehead atoms. The first-order chi connectivity index (χ1) is 13.2. The van der Waals surface area contributed by atoms with E-state index in [1.54, 1.807) is 12.1 Å². The third-order valence-electron chi connectivity index (χ3n) is 3.20. The Morgan fingerprint density at radius 1 is 1.17 bits per heavy atom. The second-order valence-electron chi connectivity index (χ2n) is 6.93. The number of alkyl halides is 2. The summed E-state index contributed by atoms with van der Waals surface area (Å²) in [7, 11) is 0. The first-order valence-electron chi connectivity index (χ1n) is 9.22. The number of halogens is 3. The van der Waals surface area contributed by atoms with Gasteiger partial charge in [0.1, 0.15) is 11.4 Å². The standard InChI is InChI=1S/C19H30F2N4O3.HI/c1-5-22-17(23-10-7-11-24-18(26)28-19(2,3)4)25-13-14-8-6-9-15(12-14)27-16(20)21;/h6,8-9,12,16H,5,7,10-11,13H2,1-4H3,(H,24,26)(H2,22,23,25);1H. The molecule has 0 radical (unpaired) electrons. The van der Waals surface area contributed by atoms with Gasteiger partial charge >= 0.3 is 12.7 Å². The van der Waals surface area contributed by atoms with Gasteiger partial charge in [-0.05, 0) is 51.8 Å². The molecule has 1 rings (SSSR count). The highest BCUT2D eigenvalue weighted by Crippen LogP contribution is 2.16. The summed E-state index contributed by atoms with van der Waals surface area (Å²) in [5, 5.41) is 8.95. The molecule has 0 saturated carbocycles. The summed E-state index contributed by atoms with van der Waals surface area (Å²) < 4.78 is 34.1. The molecule has 3 N–H and O–H groups in total. The van der Waals surface area contributed by atoms with Gasteiger partial charge in [0, 0.05) is 19.6 Å². The molecule has 166 valence electrons. The number of amides is 1. The molecule has 0 saturated heterocycles. The van der Waals surface area contributed by atoms with Crippen molar-refractivity contribution in [1.29, 1.82) is 0 Å². The van der Waals surface area contributed by atoms with E-state index in [0.717, 1.165) is 5.56 Å². The average Bonchev–Trinajstić information content (AvgIpc) is 2.57. The summed E-state index contributed by atoms with van der Waals surface area (Å²) >= 11 is 0. The quantitative estimate of drug-likeness (QED) is 0.196. The van der Waals surface area contributed by atoms with Crippen molar-refractivity contribution in [2.24, 2.45) is 4.99 Å². The minimum Gasteiger partial charge on any atom is -0.444 e. The van der Waals surface area contributed by atoms with Gasteiger partial charge in [0.25, 0.3) is 0 Å². The first kappa shape index (κ1) is 27.1. The molecule has 0 aliphatic carbocycles. The normalized spacial score (nSPS) is 11.5. The summed E-state index contributed by atoms with van der Waals surface area (Å²) in [5.74, 6) is 0.703. The molecule has 0 fully saturated rings. The molecule has 1 amide bonds. The lowest BCUT2D eigenvalue weighted by Gasteiger charge is -2.19. The van der Waals surface area contributed by atoms with E-state index >= 15 is 0 Å². The number of nitrogens with zero attached hydrogens (tertiary/aromatic N) is 1. The van der Waals surface area contributed by atoms with Crippen LogP contribution in [0.4, 0.5) is 13.6 Å². The van der Waals surface area contributed by atoms with Crippen molar-refractivity contribution in [3.05, 3.63) is 29.8 Å². The number of guanidine groups is 1. The zero-order valence-corrected chi connectivity index (χ0v) is 19.6. The number of alkyl carbamates (subject to hydrolysis) is 1. The van der Waals surface area contributed by atoms with Gasteiger partial charge in [-0.25, -0.2) is 9.79 Å². The second-order valence-corrected chi connectivity index (χ2v) is 6.93. The molecule has 0 unspecified atom stereocenters. The van der Waals surface area contributed by atoms with Gasteiger partial charge in [-0.1, -0.05) is 12.1 Å². The van der Waals surface area contributed by atoms with Crippen LogP contribution in [-0.2, 0) is 11.3 Å². The molecule has 0 heterocycles. The van der Waals surface area contributed by atoms with Crippen LogP contribution in [0.2, 0.25) is 0 Å². The summed E-state index contributed by atoms with van der Waals surface area (Å²) in [6, 6.07) is 6.44. The largest absolute Gasteiger partial charge is 0.444 e. The van der Waals surface area contributed by atoms with Crippen LogP contribution in [0.15, 0.2) is 29.3 Å². The first-order valence-corrected chi connectivity index (χ1v) is 9.22. The maximum atomic E-state index is 12.3. The van der Waals surface area contributed by atoms with Crippen molar-refractivity contribution in [1.82, 2.24) is 16.0 Å². The number of nitrogens with one attached hydrogen (secondary N) is 3. The lowest BCUT2D eigenvalue weighted by atomic mass is 10.2. The van der Waals surface area contributed by atoms with Crippen LogP contribution in [0.5, 0.6) is 5.75 Å². The van der Waals surface area contributed by atoms with Crippen LogP contribution in [0, 0.1) is 0 Å². The van der Waals surface area contributed by atoms with E-state index < -0.39 is 18.3 Å². The number of carbonyl (C=O) groups excluding carboxylic acids is 1. The van der Waals surface area contributed by atoms with Crippen molar-refractivity contribution in [3.63, 3.8) is 0 Å². The van der Waals surface area contributed by atoms with Crippen LogP contribution in [0.3, 0.4) is 0 Å². The minimum atomic E-state index is -2.85. The third-order valence-corrected chi connectivity index (χ3v) is 3.20. The summed E-state index contributed by atoms with van der Waals surface area (Å²) in [4.78, 5) is 16.0. The molecule has 7 nitrogen and oxygen atoms in total. The van der Waals surface area contributed by atoms with Crippen molar-refractivity contribution in [2.45, 2.75) is 52.9 Å². The van der Waals surface area contributed by atoms with Crippen LogP contribution in [-0.4, -0.2) is 43.9 Å². The molecule has 1 aromatic carbocycles. The number of hydrogen-bond acceptors (Lipinski definition) is 4. The van der Waals surface area contributed by atoms with E-state index in [1.165, 1.54) is 12.1 Å². The number of aliphatic imine (C=N–C) groups is 1. The Bertz CT molecular complexity index is 640. The Kier molecular flexibility index (Phi) is 13.3. The van der Waals surface area contributed by atoms with Gasteiger partial charge in [0.2, 0.25) is 0 Å². The Morgan fingerprint density at radius 2 is 1.86 bits per heavy atom. The zero-order valence-electron chi connectivity index (χ0n) is 17.3. The fourth-order valence-electron chi connectivity index (χ4n) is 2.13. The van der Waals surface area contributed by atoms with Crippen molar-refractivity contribution in [3.8, 4) is 5.75 Å². The van der Waals surface area contributed by atoms with Crippen molar-refractivity contribution >= 4 is 36.0 Å². The fourth-order valence-corrected chi connectivity index (χ4v) is 2.13. The molecule has 29 heavy (non-hydrogen) atoms. The third kappa shape index (κ3) is 13.9. The lowest BCUT2D eigenvalue weighted by molar-refractivity contribution is -0.0498. The molecule has 10 heteroatoms. The smallest absolute Gasteiger partial charge is 0.407 e. The monoisotopic (exact) mass is 528 g/mol. The van der Waals surface area contributed by atoms with Crippen molar-refractivity contribution in [2.75, 3.05) is 19.6 Å². The van der Waals surface area contributed by atoms with E-state index in [1.807, 2.05) is 27.7 Å². The highest BCUT2D eigenvalue weighted by Gasteiger charge is 2.15. The van der Waals surface area contributed by atoms with Crippen LogP contribution in [0.25, 0.3) is 0 Å². The molecular weight excluding hydrogens is 497 g/mol. The second kappa shape index (κ2) is 14.2. The van der Waals surface area contributed by atoms with Gasteiger partial charge < -0.3 is 25.4 Å². The highest BCUT2D eigenvalue weighted by atomic mass is 127. The number of rotatable bonds is 9. The van der Waals surface area contributed by atoms with Crippen LogP contribution < -0.4 is 20.7 Å². The van der Waals surface area contributed by atoms with E-state index in [2.05, 4.69) is 25.7 Å². The fraction of sp³-hybridized carbons (Fsp3) is 0.579. The number of hydrogen-bond donors (Lipinski definition) is 3. The summed E-state index contributed by atoms with van der Waals surface area (Å²) in [6.07, 6.45) is 0.237. The van der Waals surface area contributed by atoms with E-state index in [4.69, 9.17) is 4.74 Å². The maximum Gasteiger partial charge on any atom is 0.407 e. The Balaban J connectivity index is 0.00000784. The molecular formula is C19H31F2IN4O3. The molecule has 0 spiro atoms. The predicted molar refractivity (Wildman–Crippen MR) is 120 cm³/mol. The highest BCUT2D eigenvalue weighted by molar-refractivity contribution is 14.0. The van der Waals surface area contributed by atoms with Gasteiger partial charge in [-0.15, -0.1) is 24.0 Å². The van der Waals surface area contributed by atoms with E-state index in [9.17, 15) is 13.6 Å². The maximum absolute atomic E-state index is 12.3.